The lowest BCUT2D eigenvalue weighted by Crippen LogP contribution is -2.06. The van der Waals surface area contributed by atoms with Crippen LogP contribution in [0.2, 0.25) is 0 Å². The highest BCUT2D eigenvalue weighted by molar-refractivity contribution is 7.85. The average Bonchev–Trinajstić information content (AvgIpc) is 3.22. The van der Waals surface area contributed by atoms with Crippen LogP contribution < -0.4 is 9.47 Å². The van der Waals surface area contributed by atoms with E-state index in [1.54, 1.807) is 50.7 Å². The number of carbonyl (C=O) groups excluding carboxylic acids is 1. The molecule has 2 heterocycles. The van der Waals surface area contributed by atoms with Crippen molar-refractivity contribution in [3.8, 4) is 11.5 Å². The van der Waals surface area contributed by atoms with Gasteiger partial charge >= 0.3 is 5.97 Å². The molecule has 0 saturated heterocycles. The van der Waals surface area contributed by atoms with Gasteiger partial charge in [-0.15, -0.1) is 11.3 Å². The Hall–Kier alpha value is -3.23. The molecule has 8 heteroatoms. The van der Waals surface area contributed by atoms with Gasteiger partial charge in [-0.25, -0.2) is 9.00 Å². The molecule has 0 bridgehead atoms. The van der Waals surface area contributed by atoms with Gasteiger partial charge in [0.25, 0.3) is 0 Å². The lowest BCUT2D eigenvalue weighted by Gasteiger charge is -2.08. The van der Waals surface area contributed by atoms with E-state index < -0.39 is 16.8 Å². The maximum Gasteiger partial charge on any atom is 0.349 e. The largest absolute Gasteiger partial charge is 0.497 e. The zero-order valence-corrected chi connectivity index (χ0v) is 19.2. The molecule has 0 aliphatic heterocycles. The van der Waals surface area contributed by atoms with Crippen LogP contribution in [0.4, 0.5) is 0 Å². The molecule has 1 unspecified atom stereocenters. The Morgan fingerprint density at radius 3 is 2.72 bits per heavy atom. The molecule has 4 aromatic rings. The Labute approximate surface area is 192 Å². The fourth-order valence-corrected chi connectivity index (χ4v) is 5.87. The van der Waals surface area contributed by atoms with Crippen LogP contribution in [0.1, 0.15) is 22.2 Å². The molecule has 0 spiro atoms. The van der Waals surface area contributed by atoms with Gasteiger partial charge in [0.1, 0.15) is 23.0 Å². The second-order valence-corrected chi connectivity index (χ2v) is 9.21. The van der Waals surface area contributed by atoms with E-state index in [0.717, 1.165) is 15.6 Å². The van der Waals surface area contributed by atoms with Crippen molar-refractivity contribution in [1.82, 2.24) is 4.98 Å². The van der Waals surface area contributed by atoms with Crippen LogP contribution >= 0.6 is 11.3 Å². The van der Waals surface area contributed by atoms with Crippen LogP contribution in [0.3, 0.4) is 0 Å². The molecule has 1 atom stereocenters. The van der Waals surface area contributed by atoms with E-state index in [2.05, 4.69) is 4.98 Å². The quantitative estimate of drug-likeness (QED) is 0.331. The Morgan fingerprint density at radius 2 is 1.97 bits per heavy atom. The van der Waals surface area contributed by atoms with Gasteiger partial charge in [-0.3, -0.25) is 4.98 Å². The van der Waals surface area contributed by atoms with Crippen LogP contribution in [0, 0.1) is 0 Å². The molecule has 2 aromatic carbocycles. The first-order valence-electron chi connectivity index (χ1n) is 9.92. The number of nitrogens with zero attached hydrogens (tertiary/aromatic N) is 1. The van der Waals surface area contributed by atoms with Crippen LogP contribution in [0.15, 0.2) is 76.8 Å². The van der Waals surface area contributed by atoms with Gasteiger partial charge < -0.3 is 14.2 Å². The van der Waals surface area contributed by atoms with Crippen molar-refractivity contribution in [3.05, 3.63) is 77.4 Å². The summed E-state index contributed by atoms with van der Waals surface area (Å²) in [5.41, 5.74) is 0.950. The molecule has 0 fully saturated rings. The zero-order valence-electron chi connectivity index (χ0n) is 17.6. The normalized spacial score (nSPS) is 11.8. The predicted octanol–water partition coefficient (Wildman–Crippen LogP) is 5.23. The van der Waals surface area contributed by atoms with Gasteiger partial charge in [0.15, 0.2) is 0 Å². The zero-order chi connectivity index (χ0) is 22.5. The number of esters is 1. The minimum atomic E-state index is -1.60. The summed E-state index contributed by atoms with van der Waals surface area (Å²) in [6, 6.07) is 16.3. The first-order valence-corrected chi connectivity index (χ1v) is 11.9. The molecule has 32 heavy (non-hydrogen) atoms. The smallest absolute Gasteiger partial charge is 0.349 e. The predicted molar refractivity (Wildman–Crippen MR) is 124 cm³/mol. The Kier molecular flexibility index (Phi) is 6.82. The van der Waals surface area contributed by atoms with Crippen LogP contribution in [0.25, 0.3) is 10.1 Å². The summed E-state index contributed by atoms with van der Waals surface area (Å²) in [5.74, 6) is 0.758. The third-order valence-electron chi connectivity index (χ3n) is 4.65. The van der Waals surface area contributed by atoms with Crippen molar-refractivity contribution >= 4 is 38.2 Å². The van der Waals surface area contributed by atoms with Gasteiger partial charge in [-0.1, -0.05) is 12.1 Å². The lowest BCUT2D eigenvalue weighted by atomic mass is 10.2. The minimum absolute atomic E-state index is 0.234. The third kappa shape index (κ3) is 4.66. The van der Waals surface area contributed by atoms with E-state index in [9.17, 15) is 9.00 Å². The maximum absolute atomic E-state index is 13.5. The van der Waals surface area contributed by atoms with Crippen molar-refractivity contribution in [2.45, 2.75) is 23.3 Å². The Bertz CT molecular complexity index is 1270. The van der Waals surface area contributed by atoms with Gasteiger partial charge in [0, 0.05) is 32.9 Å². The fourth-order valence-electron chi connectivity index (χ4n) is 3.14. The molecular weight excluding hydrogens is 446 g/mol. The van der Waals surface area contributed by atoms with Crippen molar-refractivity contribution in [1.29, 1.82) is 0 Å². The number of methoxy groups -OCH3 is 1. The molecular formula is C24H21NO5S2. The summed E-state index contributed by atoms with van der Waals surface area (Å²) >= 11 is 1.25. The molecule has 0 radical (unpaired) electrons. The number of fused-ring (bicyclic) bond motifs is 1. The molecule has 0 aliphatic rings. The second-order valence-electron chi connectivity index (χ2n) is 6.74. The number of benzene rings is 2. The summed E-state index contributed by atoms with van der Waals surface area (Å²) < 4.78 is 30.7. The van der Waals surface area contributed by atoms with Crippen LogP contribution in [-0.4, -0.2) is 28.9 Å². The van der Waals surface area contributed by atoms with Gasteiger partial charge in [0.05, 0.1) is 29.4 Å². The summed E-state index contributed by atoms with van der Waals surface area (Å²) in [6.07, 6.45) is 3.46. The highest BCUT2D eigenvalue weighted by atomic mass is 32.2. The highest BCUT2D eigenvalue weighted by Gasteiger charge is 2.25. The van der Waals surface area contributed by atoms with Gasteiger partial charge in [-0.2, -0.15) is 0 Å². The summed E-state index contributed by atoms with van der Waals surface area (Å²) in [7, 11) is -0.0427. The number of hydrogen-bond acceptors (Lipinski definition) is 7. The number of ether oxygens (including phenoxy) is 3. The van der Waals surface area contributed by atoms with Crippen molar-refractivity contribution in [3.63, 3.8) is 0 Å². The monoisotopic (exact) mass is 467 g/mol. The van der Waals surface area contributed by atoms with E-state index in [1.807, 2.05) is 30.3 Å². The van der Waals surface area contributed by atoms with E-state index in [-0.39, 0.29) is 6.61 Å². The van der Waals surface area contributed by atoms with E-state index >= 15 is 0 Å². The minimum Gasteiger partial charge on any atom is -0.497 e. The average molecular weight is 468 g/mol. The summed E-state index contributed by atoms with van der Waals surface area (Å²) in [4.78, 5) is 18.1. The van der Waals surface area contributed by atoms with Crippen molar-refractivity contribution in [2.75, 3.05) is 13.7 Å². The molecule has 0 N–H and O–H groups in total. The highest BCUT2D eigenvalue weighted by Crippen LogP contribution is 2.38. The SMILES string of the molecule is CCOC(=O)c1sc2cc(OCc3cccnc3)ccc2c1S(=O)c1cccc(OC)c1. The summed E-state index contributed by atoms with van der Waals surface area (Å²) in [6.45, 7) is 2.35. The third-order valence-corrected chi connectivity index (χ3v) is 7.38. The fraction of sp³-hybridized carbons (Fsp3) is 0.167. The molecule has 2 aromatic heterocycles. The van der Waals surface area contributed by atoms with E-state index in [0.29, 0.717) is 32.8 Å². The number of carbonyl (C=O) groups is 1. The lowest BCUT2D eigenvalue weighted by molar-refractivity contribution is 0.0528. The number of aromatic nitrogens is 1. The number of pyridine rings is 1. The van der Waals surface area contributed by atoms with E-state index in [4.69, 9.17) is 14.2 Å². The van der Waals surface area contributed by atoms with Gasteiger partial charge in [-0.05, 0) is 49.4 Å². The van der Waals surface area contributed by atoms with E-state index in [1.165, 1.54) is 11.3 Å². The van der Waals surface area contributed by atoms with Crippen LogP contribution in [-0.2, 0) is 22.1 Å². The van der Waals surface area contributed by atoms with Crippen LogP contribution in [0.5, 0.6) is 11.5 Å². The first-order chi connectivity index (χ1) is 15.6. The number of hydrogen-bond donors (Lipinski definition) is 0. The number of thiophene rings is 1. The standard InChI is InChI=1S/C24H21NO5S2/c1-3-29-24(26)22-23(32(27)19-8-4-7-17(12-19)28-2)20-10-9-18(13-21(20)31-22)30-15-16-6-5-11-25-14-16/h4-14H,3,15H2,1-2H3. The molecule has 0 saturated carbocycles. The maximum atomic E-state index is 13.5. The summed E-state index contributed by atoms with van der Waals surface area (Å²) in [5, 5.41) is 0.730. The molecule has 164 valence electrons. The molecule has 6 nitrogen and oxygen atoms in total. The Balaban J connectivity index is 1.73. The van der Waals surface area contributed by atoms with Crippen molar-refractivity contribution < 1.29 is 23.2 Å². The molecule has 0 amide bonds. The van der Waals surface area contributed by atoms with Gasteiger partial charge in [0.2, 0.25) is 0 Å². The molecule has 0 aliphatic carbocycles. The number of rotatable bonds is 8. The first kappa shape index (κ1) is 22.0. The molecule has 4 rings (SSSR count). The second kappa shape index (κ2) is 9.93. The topological polar surface area (TPSA) is 74.7 Å². The van der Waals surface area contributed by atoms with Crippen molar-refractivity contribution in [2.24, 2.45) is 0 Å². The Morgan fingerprint density at radius 1 is 1.09 bits per heavy atom.